The topological polar surface area (TPSA) is 72.4 Å². The summed E-state index contributed by atoms with van der Waals surface area (Å²) >= 11 is 6.46. The number of hydrogen-bond acceptors (Lipinski definition) is 6. The Kier molecular flexibility index (Phi) is 5.50. The molecule has 0 N–H and O–H groups in total. The molecule has 0 bridgehead atoms. The molecule has 8 heteroatoms. The number of ether oxygens (including phenoxy) is 1. The summed E-state index contributed by atoms with van der Waals surface area (Å²) in [4.78, 5) is 11.3. The van der Waals surface area contributed by atoms with Gasteiger partial charge in [-0.05, 0) is 38.0 Å². The van der Waals surface area contributed by atoms with Crippen molar-refractivity contribution in [3.05, 3.63) is 46.4 Å². The van der Waals surface area contributed by atoms with Gasteiger partial charge < -0.3 is 9.64 Å². The molecule has 0 spiro atoms. The summed E-state index contributed by atoms with van der Waals surface area (Å²) in [5, 5.41) is 0.413. The maximum atomic E-state index is 11.8. The van der Waals surface area contributed by atoms with E-state index in [0.29, 0.717) is 24.1 Å². The number of sulfone groups is 1. The minimum absolute atomic E-state index is 0.146. The van der Waals surface area contributed by atoms with Crippen LogP contribution >= 0.6 is 11.6 Å². The SMILES string of the molecule is Cc1cc(N2CCCOC[C@H]2c2ccc(S(C)(=O)=O)cc2Cl)nc(C)n1. The van der Waals surface area contributed by atoms with Gasteiger partial charge in [0.15, 0.2) is 9.84 Å². The van der Waals surface area contributed by atoms with Gasteiger partial charge >= 0.3 is 0 Å². The summed E-state index contributed by atoms with van der Waals surface area (Å²) in [6.45, 7) is 5.70. The summed E-state index contributed by atoms with van der Waals surface area (Å²) in [6, 6.07) is 6.67. The van der Waals surface area contributed by atoms with Crippen LogP contribution in [0.1, 0.15) is 29.5 Å². The van der Waals surface area contributed by atoms with Gasteiger partial charge in [-0.3, -0.25) is 0 Å². The van der Waals surface area contributed by atoms with Crippen molar-refractivity contribution in [2.24, 2.45) is 0 Å². The van der Waals surface area contributed by atoms with Crippen LogP contribution in [-0.4, -0.2) is 44.4 Å². The van der Waals surface area contributed by atoms with Gasteiger partial charge in [-0.25, -0.2) is 18.4 Å². The number of aromatic nitrogens is 2. The number of nitrogens with zero attached hydrogens (tertiary/aromatic N) is 3. The van der Waals surface area contributed by atoms with Crippen LogP contribution in [0.25, 0.3) is 0 Å². The lowest BCUT2D eigenvalue weighted by Crippen LogP contribution is -2.32. The Bertz CT molecular complexity index is 898. The van der Waals surface area contributed by atoms with Crippen LogP contribution in [0.2, 0.25) is 5.02 Å². The molecule has 3 rings (SSSR count). The molecule has 1 aromatic carbocycles. The van der Waals surface area contributed by atoms with Gasteiger partial charge in [0.2, 0.25) is 0 Å². The quantitative estimate of drug-likeness (QED) is 0.795. The Morgan fingerprint density at radius 3 is 2.65 bits per heavy atom. The fourth-order valence-corrected chi connectivity index (χ4v) is 4.18. The van der Waals surface area contributed by atoms with E-state index in [-0.39, 0.29) is 10.9 Å². The molecule has 26 heavy (non-hydrogen) atoms. The van der Waals surface area contributed by atoms with E-state index >= 15 is 0 Å². The van der Waals surface area contributed by atoms with E-state index in [1.807, 2.05) is 19.9 Å². The molecule has 0 amide bonds. The third kappa shape index (κ3) is 4.16. The number of halogens is 1. The summed E-state index contributed by atoms with van der Waals surface area (Å²) in [7, 11) is -3.31. The first kappa shape index (κ1) is 19.1. The van der Waals surface area contributed by atoms with Crippen LogP contribution in [0.5, 0.6) is 0 Å². The highest BCUT2D eigenvalue weighted by Gasteiger charge is 2.27. The molecule has 1 saturated heterocycles. The van der Waals surface area contributed by atoms with Gasteiger partial charge in [-0.15, -0.1) is 0 Å². The van der Waals surface area contributed by atoms with Crippen LogP contribution in [0.3, 0.4) is 0 Å². The van der Waals surface area contributed by atoms with Crippen molar-refractivity contribution < 1.29 is 13.2 Å². The lowest BCUT2D eigenvalue weighted by atomic mass is 10.1. The number of hydrogen-bond donors (Lipinski definition) is 0. The second-order valence-corrected chi connectivity index (χ2v) is 8.93. The normalized spacial score (nSPS) is 18.6. The van der Waals surface area contributed by atoms with Gasteiger partial charge in [-0.2, -0.15) is 0 Å². The average Bonchev–Trinajstić information content (AvgIpc) is 2.78. The molecule has 1 aliphatic heterocycles. The van der Waals surface area contributed by atoms with E-state index in [1.165, 1.54) is 12.3 Å². The smallest absolute Gasteiger partial charge is 0.175 e. The molecule has 2 heterocycles. The molecule has 1 aliphatic rings. The lowest BCUT2D eigenvalue weighted by molar-refractivity contribution is 0.134. The van der Waals surface area contributed by atoms with Crippen molar-refractivity contribution in [2.75, 3.05) is 30.9 Å². The van der Waals surface area contributed by atoms with Gasteiger partial charge in [0.05, 0.1) is 17.5 Å². The van der Waals surface area contributed by atoms with Crippen LogP contribution in [-0.2, 0) is 14.6 Å². The molecule has 1 aromatic heterocycles. The largest absolute Gasteiger partial charge is 0.379 e. The van der Waals surface area contributed by atoms with Gasteiger partial charge in [0.1, 0.15) is 11.6 Å². The Labute approximate surface area is 159 Å². The Balaban J connectivity index is 2.05. The average molecular weight is 396 g/mol. The van der Waals surface area contributed by atoms with E-state index in [4.69, 9.17) is 16.3 Å². The van der Waals surface area contributed by atoms with Crippen LogP contribution in [0, 0.1) is 13.8 Å². The van der Waals surface area contributed by atoms with E-state index in [0.717, 1.165) is 30.0 Å². The van der Waals surface area contributed by atoms with Crippen molar-refractivity contribution >= 4 is 27.3 Å². The molecule has 2 aromatic rings. The van der Waals surface area contributed by atoms with Crippen molar-refractivity contribution in [3.8, 4) is 0 Å². The number of aryl methyl sites for hydroxylation is 2. The van der Waals surface area contributed by atoms with Crippen LogP contribution < -0.4 is 4.90 Å². The molecule has 1 atom stereocenters. The second-order valence-electron chi connectivity index (χ2n) is 6.51. The third-order valence-corrected chi connectivity index (χ3v) is 5.78. The predicted octanol–water partition coefficient (Wildman–Crippen LogP) is 3.12. The van der Waals surface area contributed by atoms with Crippen molar-refractivity contribution in [1.29, 1.82) is 0 Å². The standard InChI is InChI=1S/C18H22ClN3O3S/c1-12-9-18(21-13(2)20-12)22-7-4-8-25-11-17(22)15-6-5-14(10-16(15)19)26(3,23)24/h5-6,9-10,17H,4,7-8,11H2,1-3H3/t17-/m0/s1. The highest BCUT2D eigenvalue weighted by Crippen LogP contribution is 2.34. The fourth-order valence-electron chi connectivity index (χ4n) is 3.16. The molecule has 0 aliphatic carbocycles. The zero-order valence-electron chi connectivity index (χ0n) is 15.1. The van der Waals surface area contributed by atoms with E-state index in [9.17, 15) is 8.42 Å². The summed E-state index contributed by atoms with van der Waals surface area (Å²) in [5.41, 5.74) is 1.73. The van der Waals surface area contributed by atoms with E-state index in [1.54, 1.807) is 12.1 Å². The Hall–Kier alpha value is -1.70. The third-order valence-electron chi connectivity index (χ3n) is 4.35. The molecular formula is C18H22ClN3O3S. The molecule has 0 radical (unpaired) electrons. The van der Waals surface area contributed by atoms with Crippen LogP contribution in [0.4, 0.5) is 5.82 Å². The van der Waals surface area contributed by atoms with Gasteiger partial charge in [0, 0.05) is 36.2 Å². The monoisotopic (exact) mass is 395 g/mol. The number of rotatable bonds is 3. The summed E-state index contributed by atoms with van der Waals surface area (Å²) in [6.07, 6.45) is 2.05. The first-order chi connectivity index (χ1) is 12.3. The van der Waals surface area contributed by atoms with Gasteiger partial charge in [0.25, 0.3) is 0 Å². The number of anilines is 1. The first-order valence-corrected chi connectivity index (χ1v) is 10.7. The molecule has 0 saturated carbocycles. The fraction of sp³-hybridized carbons (Fsp3) is 0.444. The maximum Gasteiger partial charge on any atom is 0.175 e. The molecule has 1 fully saturated rings. The second kappa shape index (κ2) is 7.50. The predicted molar refractivity (Wildman–Crippen MR) is 102 cm³/mol. The van der Waals surface area contributed by atoms with Crippen LogP contribution in [0.15, 0.2) is 29.2 Å². The highest BCUT2D eigenvalue weighted by molar-refractivity contribution is 7.90. The molecule has 0 unspecified atom stereocenters. The highest BCUT2D eigenvalue weighted by atomic mass is 35.5. The molecule has 6 nitrogen and oxygen atoms in total. The summed E-state index contributed by atoms with van der Waals surface area (Å²) in [5.74, 6) is 1.54. The minimum atomic E-state index is -3.31. The van der Waals surface area contributed by atoms with E-state index < -0.39 is 9.84 Å². The van der Waals surface area contributed by atoms with Crippen molar-refractivity contribution in [1.82, 2.24) is 9.97 Å². The maximum absolute atomic E-state index is 11.8. The molecular weight excluding hydrogens is 374 g/mol. The number of benzene rings is 1. The lowest BCUT2D eigenvalue weighted by Gasteiger charge is -2.31. The van der Waals surface area contributed by atoms with Crippen molar-refractivity contribution in [2.45, 2.75) is 31.2 Å². The summed E-state index contributed by atoms with van der Waals surface area (Å²) < 4.78 is 29.3. The van der Waals surface area contributed by atoms with Crippen molar-refractivity contribution in [3.63, 3.8) is 0 Å². The zero-order valence-corrected chi connectivity index (χ0v) is 16.6. The molecule has 140 valence electrons. The Morgan fingerprint density at radius 2 is 2.00 bits per heavy atom. The zero-order chi connectivity index (χ0) is 18.9. The van der Waals surface area contributed by atoms with Gasteiger partial charge in [-0.1, -0.05) is 17.7 Å². The Morgan fingerprint density at radius 1 is 1.23 bits per heavy atom. The minimum Gasteiger partial charge on any atom is -0.379 e. The first-order valence-electron chi connectivity index (χ1n) is 8.42. The van der Waals surface area contributed by atoms with E-state index in [2.05, 4.69) is 14.9 Å².